The van der Waals surface area contributed by atoms with Gasteiger partial charge in [0.1, 0.15) is 11.3 Å². The first-order valence-electron chi connectivity index (χ1n) is 9.95. The number of ether oxygens (including phenoxy) is 1. The Kier molecular flexibility index (Phi) is 5.54. The van der Waals surface area contributed by atoms with Crippen LogP contribution in [0.15, 0.2) is 33.8 Å². The highest BCUT2D eigenvalue weighted by atomic mass is 16.5. The number of benzene rings is 1. The summed E-state index contributed by atoms with van der Waals surface area (Å²) in [6.45, 7) is 7.08. The number of nitrogens with zero attached hydrogens (tertiary/aromatic N) is 5. The van der Waals surface area contributed by atoms with Crippen molar-refractivity contribution in [2.75, 3.05) is 44.8 Å². The number of methoxy groups -OCH3 is 1. The van der Waals surface area contributed by atoms with Gasteiger partial charge in [0.25, 0.3) is 11.5 Å². The van der Waals surface area contributed by atoms with Gasteiger partial charge in [-0.05, 0) is 32.0 Å². The number of fused-ring (bicyclic) bond motifs is 1. The molecule has 0 unspecified atom stereocenters. The molecule has 0 aliphatic carbocycles. The van der Waals surface area contributed by atoms with E-state index in [9.17, 15) is 9.59 Å². The number of carbonyl (C=O) groups excluding carboxylic acids is 1. The lowest BCUT2D eigenvalue weighted by molar-refractivity contribution is 0.0744. The number of piperazine rings is 1. The van der Waals surface area contributed by atoms with Gasteiger partial charge in [-0.1, -0.05) is 5.16 Å². The second-order valence-corrected chi connectivity index (χ2v) is 7.42. The molecule has 3 heterocycles. The summed E-state index contributed by atoms with van der Waals surface area (Å²) in [7, 11) is 1.60. The second kappa shape index (κ2) is 8.27. The summed E-state index contributed by atoms with van der Waals surface area (Å²) in [6.07, 6.45) is 1.56. The largest absolute Gasteiger partial charge is 0.383 e. The summed E-state index contributed by atoms with van der Waals surface area (Å²) in [5.41, 5.74) is 2.77. The number of aromatic nitrogens is 3. The molecule has 1 amide bonds. The van der Waals surface area contributed by atoms with E-state index in [1.165, 1.54) is 0 Å². The normalized spacial score (nSPS) is 14.5. The van der Waals surface area contributed by atoms with E-state index < -0.39 is 0 Å². The fourth-order valence-corrected chi connectivity index (χ4v) is 3.81. The fraction of sp³-hybridized carbons (Fsp3) is 0.429. The Morgan fingerprint density at radius 2 is 1.97 bits per heavy atom. The summed E-state index contributed by atoms with van der Waals surface area (Å²) in [6, 6.07) is 5.70. The van der Waals surface area contributed by atoms with Crippen molar-refractivity contribution in [1.82, 2.24) is 19.6 Å². The predicted molar refractivity (Wildman–Crippen MR) is 112 cm³/mol. The first-order chi connectivity index (χ1) is 14.5. The van der Waals surface area contributed by atoms with Crippen LogP contribution in [-0.2, 0) is 11.3 Å². The van der Waals surface area contributed by atoms with Crippen molar-refractivity contribution in [3.05, 3.63) is 51.9 Å². The molecule has 3 aromatic rings. The average Bonchev–Trinajstić information content (AvgIpc) is 3.10. The summed E-state index contributed by atoms with van der Waals surface area (Å²) >= 11 is 0. The lowest BCUT2D eigenvalue weighted by Gasteiger charge is -2.36. The van der Waals surface area contributed by atoms with Crippen molar-refractivity contribution in [2.45, 2.75) is 20.4 Å². The topological polar surface area (TPSA) is 93.7 Å². The molecule has 0 spiro atoms. The van der Waals surface area contributed by atoms with Gasteiger partial charge in [0, 0.05) is 39.0 Å². The molecule has 0 saturated carbocycles. The van der Waals surface area contributed by atoms with E-state index in [-0.39, 0.29) is 11.5 Å². The van der Waals surface area contributed by atoms with Crippen molar-refractivity contribution in [3.8, 4) is 0 Å². The highest BCUT2D eigenvalue weighted by Gasteiger charge is 2.27. The van der Waals surface area contributed by atoms with E-state index >= 15 is 0 Å². The number of carbonyl (C=O) groups is 1. The molecule has 30 heavy (non-hydrogen) atoms. The maximum atomic E-state index is 12.8. The Morgan fingerprint density at radius 3 is 2.63 bits per heavy atom. The Bertz CT molecular complexity index is 1110. The highest BCUT2D eigenvalue weighted by Crippen LogP contribution is 2.22. The van der Waals surface area contributed by atoms with E-state index in [1.54, 1.807) is 31.9 Å². The number of hydrogen-bond acceptors (Lipinski definition) is 7. The molecule has 2 aromatic heterocycles. The van der Waals surface area contributed by atoms with Crippen molar-refractivity contribution < 1.29 is 14.1 Å². The molecule has 0 N–H and O–H groups in total. The van der Waals surface area contributed by atoms with E-state index in [4.69, 9.17) is 9.26 Å². The summed E-state index contributed by atoms with van der Waals surface area (Å²) in [4.78, 5) is 33.9. The van der Waals surface area contributed by atoms with Crippen LogP contribution in [0, 0.1) is 13.8 Å². The second-order valence-electron chi connectivity index (χ2n) is 7.42. The van der Waals surface area contributed by atoms with Gasteiger partial charge in [-0.25, -0.2) is 4.98 Å². The van der Waals surface area contributed by atoms with Crippen LogP contribution in [0.2, 0.25) is 0 Å². The minimum atomic E-state index is -0.0709. The Balaban J connectivity index is 1.48. The van der Waals surface area contributed by atoms with Crippen LogP contribution < -0.4 is 10.5 Å². The first kappa shape index (κ1) is 20.1. The lowest BCUT2D eigenvalue weighted by atomic mass is 10.1. The van der Waals surface area contributed by atoms with Crippen LogP contribution in [0.5, 0.6) is 0 Å². The molecule has 1 aromatic carbocycles. The third-order valence-electron chi connectivity index (χ3n) is 5.52. The van der Waals surface area contributed by atoms with Crippen LogP contribution in [0.1, 0.15) is 21.8 Å². The smallest absolute Gasteiger partial charge is 0.261 e. The quantitative estimate of drug-likeness (QED) is 0.630. The van der Waals surface area contributed by atoms with Gasteiger partial charge in [-0.3, -0.25) is 14.2 Å². The minimum absolute atomic E-state index is 0.0392. The summed E-state index contributed by atoms with van der Waals surface area (Å²) in [5, 5.41) is 4.47. The molecule has 4 rings (SSSR count). The number of rotatable bonds is 5. The molecule has 158 valence electrons. The van der Waals surface area contributed by atoms with Gasteiger partial charge in [0.15, 0.2) is 0 Å². The van der Waals surface area contributed by atoms with E-state index in [0.29, 0.717) is 67.3 Å². The maximum Gasteiger partial charge on any atom is 0.261 e. The first-order valence-corrected chi connectivity index (χ1v) is 9.95. The Morgan fingerprint density at radius 1 is 1.20 bits per heavy atom. The molecule has 1 aliphatic heterocycles. The zero-order valence-corrected chi connectivity index (χ0v) is 17.4. The van der Waals surface area contributed by atoms with Crippen LogP contribution in [0.25, 0.3) is 10.9 Å². The number of anilines is 1. The van der Waals surface area contributed by atoms with Gasteiger partial charge >= 0.3 is 0 Å². The van der Waals surface area contributed by atoms with Crippen molar-refractivity contribution >= 4 is 22.5 Å². The zero-order chi connectivity index (χ0) is 21.3. The SMILES string of the molecule is COCCn1cnc2cc(N3CCN(C(=O)c4c(C)noc4C)CC3)ccc2c1=O. The molecule has 9 nitrogen and oxygen atoms in total. The molecule has 9 heteroatoms. The van der Waals surface area contributed by atoms with Gasteiger partial charge in [-0.2, -0.15) is 0 Å². The molecular formula is C21H25N5O4. The lowest BCUT2D eigenvalue weighted by Crippen LogP contribution is -2.49. The van der Waals surface area contributed by atoms with E-state index in [0.717, 1.165) is 5.69 Å². The standard InChI is InChI=1S/C21H25N5O4/c1-14-19(15(2)30-23-14)21(28)25-8-6-24(7-9-25)16-4-5-17-18(12-16)22-13-26(20(17)27)10-11-29-3/h4-5,12-13H,6-11H2,1-3H3. The maximum absolute atomic E-state index is 12.8. The molecule has 1 saturated heterocycles. The summed E-state index contributed by atoms with van der Waals surface area (Å²) in [5.74, 6) is 0.513. The monoisotopic (exact) mass is 411 g/mol. The summed E-state index contributed by atoms with van der Waals surface area (Å²) < 4.78 is 11.7. The molecule has 0 bridgehead atoms. The predicted octanol–water partition coefficient (Wildman–Crippen LogP) is 1.61. The van der Waals surface area contributed by atoms with Gasteiger partial charge < -0.3 is 19.1 Å². The van der Waals surface area contributed by atoms with E-state index in [1.807, 2.05) is 23.1 Å². The molecule has 0 radical (unpaired) electrons. The third kappa shape index (κ3) is 3.68. The molecule has 1 aliphatic rings. The van der Waals surface area contributed by atoms with Crippen molar-refractivity contribution in [3.63, 3.8) is 0 Å². The average molecular weight is 411 g/mol. The van der Waals surface area contributed by atoms with Crippen LogP contribution in [0.3, 0.4) is 0 Å². The van der Waals surface area contributed by atoms with Gasteiger partial charge in [0.2, 0.25) is 0 Å². The van der Waals surface area contributed by atoms with Gasteiger partial charge in [0.05, 0.1) is 36.1 Å². The van der Waals surface area contributed by atoms with Crippen molar-refractivity contribution in [1.29, 1.82) is 0 Å². The molecule has 1 fully saturated rings. The van der Waals surface area contributed by atoms with E-state index in [2.05, 4.69) is 15.0 Å². The third-order valence-corrected chi connectivity index (χ3v) is 5.52. The van der Waals surface area contributed by atoms with Gasteiger partial charge in [-0.15, -0.1) is 0 Å². The number of amides is 1. The van der Waals surface area contributed by atoms with Crippen molar-refractivity contribution in [2.24, 2.45) is 0 Å². The molecular weight excluding hydrogens is 386 g/mol. The molecule has 0 atom stereocenters. The van der Waals surface area contributed by atoms with Crippen LogP contribution in [-0.4, -0.2) is 65.4 Å². The van der Waals surface area contributed by atoms with Crippen LogP contribution in [0.4, 0.5) is 5.69 Å². The number of aryl methyl sites for hydroxylation is 2. The highest BCUT2D eigenvalue weighted by molar-refractivity contribution is 5.96. The number of hydrogen-bond donors (Lipinski definition) is 0. The minimum Gasteiger partial charge on any atom is -0.383 e. The Labute approximate surface area is 173 Å². The van der Waals surface area contributed by atoms with Crippen LogP contribution >= 0.6 is 0 Å². The fourth-order valence-electron chi connectivity index (χ4n) is 3.81. The Hall–Kier alpha value is -3.20. The zero-order valence-electron chi connectivity index (χ0n) is 17.4.